The molecule has 58 heavy (non-hydrogen) atoms. The van der Waals surface area contributed by atoms with Crippen LogP contribution in [0.1, 0.15) is 61.8 Å². The molecule has 326 valence electrons. The second-order valence-corrected chi connectivity index (χ2v) is 16.7. The maximum absolute atomic E-state index is 15.7. The van der Waals surface area contributed by atoms with Crippen LogP contribution in [-0.4, -0.2) is 153 Å². The molecule has 4 heterocycles. The zero-order valence-corrected chi connectivity index (χ0v) is 34.5. The van der Waals surface area contributed by atoms with Gasteiger partial charge in [-0.3, -0.25) is 38.1 Å². The van der Waals surface area contributed by atoms with Crippen LogP contribution in [0.15, 0.2) is 11.1 Å². The van der Waals surface area contributed by atoms with Gasteiger partial charge in [-0.05, 0) is 27.7 Å². The summed E-state index contributed by atoms with van der Waals surface area (Å²) in [6.45, 7) is 9.94. The number of H-pyrrole nitrogens is 1. The molecule has 0 spiro atoms. The number of amides is 1. The lowest BCUT2D eigenvalue weighted by Gasteiger charge is -2.46. The highest BCUT2D eigenvalue weighted by molar-refractivity contribution is 7.57. The van der Waals surface area contributed by atoms with Crippen molar-refractivity contribution in [1.29, 1.82) is 0 Å². The van der Waals surface area contributed by atoms with E-state index in [1.807, 2.05) is 0 Å². The van der Waals surface area contributed by atoms with E-state index in [1.165, 1.54) is 17.8 Å². The van der Waals surface area contributed by atoms with E-state index in [1.54, 1.807) is 32.4 Å². The van der Waals surface area contributed by atoms with Gasteiger partial charge in [0.2, 0.25) is 17.3 Å². The molecular formula is C34H54N7O16P. The first-order chi connectivity index (χ1) is 27.3. The summed E-state index contributed by atoms with van der Waals surface area (Å²) in [5.41, 5.74) is 2.91. The molecule has 23 nitrogen and oxygen atoms in total. The van der Waals surface area contributed by atoms with Crippen molar-refractivity contribution in [3.63, 3.8) is 0 Å². The van der Waals surface area contributed by atoms with Gasteiger partial charge in [0, 0.05) is 46.2 Å². The topological polar surface area (TPSA) is 305 Å². The van der Waals surface area contributed by atoms with E-state index in [-0.39, 0.29) is 50.0 Å². The largest absolute Gasteiger partial charge is 0.463 e. The van der Waals surface area contributed by atoms with Crippen molar-refractivity contribution >= 4 is 48.4 Å². The van der Waals surface area contributed by atoms with Crippen LogP contribution in [0.25, 0.3) is 11.2 Å². The van der Waals surface area contributed by atoms with Crippen LogP contribution in [0.2, 0.25) is 0 Å². The molecule has 2 aromatic rings. The van der Waals surface area contributed by atoms with Crippen molar-refractivity contribution in [2.45, 2.75) is 122 Å². The molecule has 24 heteroatoms. The number of aliphatic hydroxyl groups is 2. The Morgan fingerprint density at radius 2 is 1.67 bits per heavy atom. The molecule has 2 aliphatic heterocycles. The summed E-state index contributed by atoms with van der Waals surface area (Å²) in [5.74, 6) is -2.99. The number of nitrogens with two attached hydrogens (primary N) is 1. The SMILES string of the molecule is CC(=O)N[C@H]1[C@H](OCCOCCOP(=O)(N(C(C)C)C(C)C)[C@]2(n3cnc4c(=O)[nH]c(N)nc43)C[C@H](O)[C@@H](CO)O2)O[C@H](COC(C)=O)[C@H](OC(C)=O)[C@@H]1OC(C)=O. The van der Waals surface area contributed by atoms with Crippen molar-refractivity contribution in [2.75, 3.05) is 45.4 Å². The number of nitrogen functional groups attached to an aromatic ring is 1. The number of imidazole rings is 1. The third kappa shape index (κ3) is 10.4. The van der Waals surface area contributed by atoms with E-state index >= 15 is 4.57 Å². The minimum absolute atomic E-state index is 0.0931. The van der Waals surface area contributed by atoms with Gasteiger partial charge in [-0.15, -0.1) is 0 Å². The van der Waals surface area contributed by atoms with E-state index in [2.05, 4.69) is 20.3 Å². The zero-order chi connectivity index (χ0) is 43.1. The molecule has 1 amide bonds. The van der Waals surface area contributed by atoms with Crippen molar-refractivity contribution in [2.24, 2.45) is 0 Å². The van der Waals surface area contributed by atoms with Gasteiger partial charge in [0.25, 0.3) is 5.56 Å². The van der Waals surface area contributed by atoms with Gasteiger partial charge in [0.15, 0.2) is 29.7 Å². The molecule has 1 unspecified atom stereocenters. The Labute approximate surface area is 333 Å². The van der Waals surface area contributed by atoms with Crippen molar-refractivity contribution < 1.29 is 71.6 Å². The van der Waals surface area contributed by atoms with Crippen molar-refractivity contribution in [1.82, 2.24) is 29.5 Å². The molecule has 2 aliphatic rings. The maximum Gasteiger partial charge on any atom is 0.325 e. The van der Waals surface area contributed by atoms with Gasteiger partial charge in [-0.1, -0.05) is 0 Å². The Bertz CT molecular complexity index is 1870. The van der Waals surface area contributed by atoms with Crippen LogP contribution >= 0.6 is 7.52 Å². The summed E-state index contributed by atoms with van der Waals surface area (Å²) in [5, 5.41) is 23.8. The fraction of sp³-hybridized carbons (Fsp3) is 0.735. The lowest BCUT2D eigenvalue weighted by molar-refractivity contribution is -0.279. The standard InChI is InChI=1S/C34H54N7O16P/c1-17(2)41(18(3)4)58(49,34(13-23(47)24(14-42)57-34)40-16-36-27-30(40)38-33(35)39-31(27)48)53-12-10-50-9-11-51-32-26(37-19(5)43)29(55-22(8)46)28(54-21(7)45)25(56-32)15-52-20(6)44/h16-18,23-26,28-29,32,42,47H,9-15H2,1-8H3,(H,37,43)(H3,35,38,39,48)/t23-,24+,25+,26+,28-,29+,32+,34-,58?/m0/s1. The van der Waals surface area contributed by atoms with E-state index in [4.69, 9.17) is 43.4 Å². The molecule has 0 aromatic carbocycles. The Hall–Kier alpha value is -4.06. The highest BCUT2D eigenvalue weighted by Gasteiger charge is 2.64. The zero-order valence-electron chi connectivity index (χ0n) is 33.6. The molecule has 2 fully saturated rings. The van der Waals surface area contributed by atoms with Gasteiger partial charge in [-0.25, -0.2) is 9.65 Å². The molecule has 2 saturated heterocycles. The Morgan fingerprint density at radius 3 is 2.24 bits per heavy atom. The van der Waals surface area contributed by atoms with Crippen molar-refractivity contribution in [3.05, 3.63) is 16.7 Å². The van der Waals surface area contributed by atoms with Gasteiger partial charge >= 0.3 is 25.4 Å². The predicted octanol–water partition coefficient (Wildman–Crippen LogP) is -0.528. The summed E-state index contributed by atoms with van der Waals surface area (Å²) in [4.78, 5) is 71.6. The second-order valence-electron chi connectivity index (χ2n) is 14.2. The average Bonchev–Trinajstić information content (AvgIpc) is 3.70. The number of aromatic amines is 1. The third-order valence-corrected chi connectivity index (χ3v) is 12.6. The fourth-order valence-corrected chi connectivity index (χ4v) is 10.5. The first-order valence-corrected chi connectivity index (χ1v) is 20.2. The number of fused-ring (bicyclic) bond motifs is 1. The number of ether oxygens (including phenoxy) is 7. The molecular weight excluding hydrogens is 793 g/mol. The normalized spacial score (nSPS) is 27.2. The molecule has 0 aliphatic carbocycles. The number of hydrogen-bond donors (Lipinski definition) is 5. The molecule has 0 radical (unpaired) electrons. The summed E-state index contributed by atoms with van der Waals surface area (Å²) < 4.78 is 64.9. The van der Waals surface area contributed by atoms with Gasteiger partial charge in [0.1, 0.15) is 31.2 Å². The number of anilines is 1. The quantitative estimate of drug-likeness (QED) is 0.0514. The Balaban J connectivity index is 1.56. The number of esters is 3. The summed E-state index contributed by atoms with van der Waals surface area (Å²) in [7, 11) is -4.40. The summed E-state index contributed by atoms with van der Waals surface area (Å²) in [6.07, 6.45) is -6.80. The van der Waals surface area contributed by atoms with Crippen LogP contribution in [0.4, 0.5) is 5.95 Å². The van der Waals surface area contributed by atoms with E-state index in [9.17, 15) is 34.2 Å². The maximum atomic E-state index is 15.7. The fourth-order valence-electron chi connectivity index (χ4n) is 7.12. The van der Waals surface area contributed by atoms with Crippen LogP contribution in [0, 0.1) is 0 Å². The number of nitrogens with zero attached hydrogens (tertiary/aromatic N) is 4. The predicted molar refractivity (Wildman–Crippen MR) is 200 cm³/mol. The third-order valence-electron chi connectivity index (χ3n) is 9.10. The Kier molecular flexibility index (Phi) is 15.9. The van der Waals surface area contributed by atoms with Crippen molar-refractivity contribution in [3.8, 4) is 0 Å². The van der Waals surface area contributed by atoms with Gasteiger partial charge in [-0.2, -0.15) is 4.98 Å². The number of hydrogen-bond acceptors (Lipinski definition) is 19. The lowest BCUT2D eigenvalue weighted by Crippen LogP contribution is -2.66. The first-order valence-electron chi connectivity index (χ1n) is 18.6. The van der Waals surface area contributed by atoms with Crippen LogP contribution in [-0.2, 0) is 66.9 Å². The van der Waals surface area contributed by atoms with Crippen LogP contribution in [0.3, 0.4) is 0 Å². The summed E-state index contributed by atoms with van der Waals surface area (Å²) in [6, 6.07) is -2.06. The van der Waals surface area contributed by atoms with Crippen LogP contribution < -0.4 is 16.6 Å². The second kappa shape index (κ2) is 19.8. The number of aromatic nitrogens is 4. The lowest BCUT2D eigenvalue weighted by atomic mass is 9.96. The highest BCUT2D eigenvalue weighted by atomic mass is 31.2. The first kappa shape index (κ1) is 46.6. The van der Waals surface area contributed by atoms with Gasteiger partial charge in [0.05, 0.1) is 39.1 Å². The van der Waals surface area contributed by atoms with E-state index < -0.39 is 111 Å². The van der Waals surface area contributed by atoms with E-state index in [0.717, 1.165) is 20.8 Å². The molecule has 0 bridgehead atoms. The molecule has 6 N–H and O–H groups in total. The molecule has 0 saturated carbocycles. The molecule has 4 rings (SSSR count). The van der Waals surface area contributed by atoms with Gasteiger partial charge < -0.3 is 58.9 Å². The number of carbonyl (C=O) groups is 4. The number of carbonyl (C=O) groups excluding carboxylic acids is 4. The minimum Gasteiger partial charge on any atom is -0.463 e. The number of rotatable bonds is 19. The average molecular weight is 848 g/mol. The monoisotopic (exact) mass is 847 g/mol. The Morgan fingerprint density at radius 1 is 1.03 bits per heavy atom. The number of nitrogens with one attached hydrogen (secondary N) is 2. The van der Waals surface area contributed by atoms with Crippen LogP contribution in [0.5, 0.6) is 0 Å². The molecule has 9 atom stereocenters. The minimum atomic E-state index is -4.40. The number of aliphatic hydroxyl groups excluding tert-OH is 2. The smallest absolute Gasteiger partial charge is 0.325 e. The van der Waals surface area contributed by atoms with E-state index in [0.29, 0.717) is 0 Å². The molecule has 2 aromatic heterocycles. The summed E-state index contributed by atoms with van der Waals surface area (Å²) >= 11 is 0. The highest BCUT2D eigenvalue weighted by Crippen LogP contribution is 2.70.